The van der Waals surface area contributed by atoms with Crippen LogP contribution < -0.4 is 10.5 Å². The fourth-order valence-corrected chi connectivity index (χ4v) is 4.10. The van der Waals surface area contributed by atoms with Crippen molar-refractivity contribution >= 4 is 27.1 Å². The molecule has 0 spiro atoms. The van der Waals surface area contributed by atoms with Crippen LogP contribution in [0.1, 0.15) is 29.9 Å². The summed E-state index contributed by atoms with van der Waals surface area (Å²) in [7, 11) is 1.18. The molecule has 0 unspecified atom stereocenters. The first-order valence-electron chi connectivity index (χ1n) is 9.17. The van der Waals surface area contributed by atoms with E-state index in [1.54, 1.807) is 7.11 Å². The number of fused-ring (bicyclic) bond motifs is 3. The number of hydrogen-bond donors (Lipinski definition) is 2. The number of nitrogen functional groups attached to an aromatic ring is 1. The molecule has 3 N–H and O–H groups in total. The molecule has 0 radical (unpaired) electrons. The highest BCUT2D eigenvalue weighted by atomic mass is 32.2. The SMILES string of the molecule is COCCc1nc2c(N)nc3c(c2n1CCNS(=O)(=O)N(C)C)CCCC3. The van der Waals surface area contributed by atoms with Crippen LogP contribution in [0.3, 0.4) is 0 Å². The second kappa shape index (κ2) is 8.09. The van der Waals surface area contributed by atoms with Crippen molar-refractivity contribution in [2.75, 3.05) is 40.1 Å². The first-order valence-corrected chi connectivity index (χ1v) is 10.6. The van der Waals surface area contributed by atoms with Gasteiger partial charge in [0.1, 0.15) is 11.3 Å². The molecule has 1 aliphatic carbocycles. The van der Waals surface area contributed by atoms with Crippen molar-refractivity contribution in [2.45, 2.75) is 38.6 Å². The summed E-state index contributed by atoms with van der Waals surface area (Å²) in [6.45, 7) is 1.27. The normalized spacial score (nSPS) is 14.8. The van der Waals surface area contributed by atoms with Crippen LogP contribution in [0, 0.1) is 0 Å². The van der Waals surface area contributed by atoms with Gasteiger partial charge in [-0.3, -0.25) is 0 Å². The average molecular weight is 397 g/mol. The molecule has 0 bridgehead atoms. The van der Waals surface area contributed by atoms with E-state index in [1.807, 2.05) is 0 Å². The highest BCUT2D eigenvalue weighted by Crippen LogP contribution is 2.31. The van der Waals surface area contributed by atoms with Gasteiger partial charge < -0.3 is 15.0 Å². The van der Waals surface area contributed by atoms with Gasteiger partial charge in [0.25, 0.3) is 10.2 Å². The van der Waals surface area contributed by atoms with Gasteiger partial charge in [0.05, 0.1) is 12.1 Å². The van der Waals surface area contributed by atoms with Gasteiger partial charge in [-0.15, -0.1) is 0 Å². The third-order valence-electron chi connectivity index (χ3n) is 4.90. The molecule has 2 heterocycles. The summed E-state index contributed by atoms with van der Waals surface area (Å²) in [5.74, 6) is 1.28. The Bertz CT molecular complexity index is 923. The molecule has 27 heavy (non-hydrogen) atoms. The van der Waals surface area contributed by atoms with Gasteiger partial charge in [0, 0.05) is 46.4 Å². The van der Waals surface area contributed by atoms with Crippen molar-refractivity contribution < 1.29 is 13.2 Å². The van der Waals surface area contributed by atoms with Gasteiger partial charge in [-0.1, -0.05) is 0 Å². The van der Waals surface area contributed by atoms with Crippen LogP contribution in [0.5, 0.6) is 0 Å². The highest BCUT2D eigenvalue weighted by molar-refractivity contribution is 7.87. The summed E-state index contributed by atoms with van der Waals surface area (Å²) in [6.07, 6.45) is 4.71. The lowest BCUT2D eigenvalue weighted by Crippen LogP contribution is -2.37. The minimum absolute atomic E-state index is 0.267. The second-order valence-corrected chi connectivity index (χ2v) is 8.90. The lowest BCUT2D eigenvalue weighted by atomic mass is 9.95. The summed E-state index contributed by atoms with van der Waals surface area (Å²) in [5.41, 5.74) is 10.1. The molecular weight excluding hydrogens is 368 g/mol. The van der Waals surface area contributed by atoms with Crippen molar-refractivity contribution in [3.05, 3.63) is 17.1 Å². The zero-order valence-corrected chi connectivity index (χ0v) is 17.0. The Morgan fingerprint density at radius 3 is 2.70 bits per heavy atom. The Balaban J connectivity index is 2.00. The molecule has 0 aromatic carbocycles. The first-order chi connectivity index (χ1) is 12.8. The standard InChI is InChI=1S/C17H28N6O3S/c1-22(2)27(24,25)19-9-10-23-14(8-11-26-3)21-15-16(23)12-6-4-5-7-13(12)20-17(15)18/h19H,4-11H2,1-3H3,(H2,18,20). The summed E-state index contributed by atoms with van der Waals surface area (Å²) >= 11 is 0. The maximum Gasteiger partial charge on any atom is 0.278 e. The summed E-state index contributed by atoms with van der Waals surface area (Å²) in [6, 6.07) is 0. The van der Waals surface area contributed by atoms with E-state index in [0.29, 0.717) is 30.9 Å². The number of pyridine rings is 1. The molecule has 3 rings (SSSR count). The Kier molecular flexibility index (Phi) is 5.99. The number of methoxy groups -OCH3 is 1. The summed E-state index contributed by atoms with van der Waals surface area (Å²) in [5, 5.41) is 0. The summed E-state index contributed by atoms with van der Waals surface area (Å²) in [4.78, 5) is 9.29. The number of ether oxygens (including phenoxy) is 1. The van der Waals surface area contributed by atoms with E-state index in [4.69, 9.17) is 15.5 Å². The zero-order valence-electron chi connectivity index (χ0n) is 16.2. The second-order valence-electron chi connectivity index (χ2n) is 6.93. The van der Waals surface area contributed by atoms with Crippen LogP contribution in [0.2, 0.25) is 0 Å². The van der Waals surface area contributed by atoms with Crippen molar-refractivity contribution in [2.24, 2.45) is 0 Å². The number of hydrogen-bond acceptors (Lipinski definition) is 6. The first kappa shape index (κ1) is 20.0. The quantitative estimate of drug-likeness (QED) is 0.670. The monoisotopic (exact) mass is 396 g/mol. The van der Waals surface area contributed by atoms with E-state index in [-0.39, 0.29) is 6.54 Å². The van der Waals surface area contributed by atoms with Crippen molar-refractivity contribution in [1.29, 1.82) is 0 Å². The Morgan fingerprint density at radius 2 is 2.00 bits per heavy atom. The van der Waals surface area contributed by atoms with E-state index < -0.39 is 10.2 Å². The maximum absolute atomic E-state index is 12.0. The molecule has 0 fully saturated rings. The number of nitrogens with zero attached hydrogens (tertiary/aromatic N) is 4. The van der Waals surface area contributed by atoms with Gasteiger partial charge in [-0.2, -0.15) is 12.7 Å². The number of aromatic nitrogens is 3. The third kappa shape index (κ3) is 4.08. The van der Waals surface area contributed by atoms with Gasteiger partial charge in [0.15, 0.2) is 5.82 Å². The van der Waals surface area contributed by atoms with Crippen LogP contribution in [0.25, 0.3) is 11.0 Å². The molecular formula is C17H28N6O3S. The van der Waals surface area contributed by atoms with Gasteiger partial charge in [0.2, 0.25) is 0 Å². The summed E-state index contributed by atoms with van der Waals surface area (Å²) < 4.78 is 35.1. The predicted octanol–water partition coefficient (Wildman–Crippen LogP) is 0.477. The minimum atomic E-state index is -3.47. The van der Waals surface area contributed by atoms with Crippen LogP contribution in [-0.2, 0) is 40.8 Å². The molecule has 0 saturated carbocycles. The lowest BCUT2D eigenvalue weighted by molar-refractivity contribution is 0.199. The topological polar surface area (TPSA) is 115 Å². The highest BCUT2D eigenvalue weighted by Gasteiger charge is 2.23. The van der Waals surface area contributed by atoms with E-state index in [0.717, 1.165) is 47.0 Å². The van der Waals surface area contributed by atoms with E-state index >= 15 is 0 Å². The van der Waals surface area contributed by atoms with Gasteiger partial charge >= 0.3 is 0 Å². The number of nitrogens with two attached hydrogens (primary N) is 1. The zero-order chi connectivity index (χ0) is 19.6. The molecule has 2 aromatic heterocycles. The van der Waals surface area contributed by atoms with Gasteiger partial charge in [-0.05, 0) is 31.2 Å². The number of imidazole rings is 1. The van der Waals surface area contributed by atoms with Crippen LogP contribution in [-0.4, -0.2) is 61.6 Å². The fourth-order valence-electron chi connectivity index (χ4n) is 3.49. The lowest BCUT2D eigenvalue weighted by Gasteiger charge is -2.19. The number of aryl methyl sites for hydroxylation is 2. The van der Waals surface area contributed by atoms with E-state index in [2.05, 4.69) is 14.3 Å². The molecule has 9 nitrogen and oxygen atoms in total. The van der Waals surface area contributed by atoms with Crippen molar-refractivity contribution in [1.82, 2.24) is 23.6 Å². The van der Waals surface area contributed by atoms with Crippen LogP contribution in [0.4, 0.5) is 5.82 Å². The van der Waals surface area contributed by atoms with Crippen LogP contribution >= 0.6 is 0 Å². The van der Waals surface area contributed by atoms with E-state index in [1.165, 1.54) is 19.7 Å². The third-order valence-corrected chi connectivity index (χ3v) is 6.43. The Labute approximate surface area is 160 Å². The number of nitrogens with one attached hydrogen (secondary N) is 1. The number of anilines is 1. The Hall–Kier alpha value is -1.75. The van der Waals surface area contributed by atoms with Crippen molar-refractivity contribution in [3.63, 3.8) is 0 Å². The van der Waals surface area contributed by atoms with Crippen molar-refractivity contribution in [3.8, 4) is 0 Å². The molecule has 2 aromatic rings. The maximum atomic E-state index is 12.0. The fraction of sp³-hybridized carbons (Fsp3) is 0.647. The largest absolute Gasteiger partial charge is 0.384 e. The molecule has 1 aliphatic rings. The molecule has 150 valence electrons. The predicted molar refractivity (Wildman–Crippen MR) is 105 cm³/mol. The minimum Gasteiger partial charge on any atom is -0.384 e. The van der Waals surface area contributed by atoms with E-state index in [9.17, 15) is 8.42 Å². The van der Waals surface area contributed by atoms with Gasteiger partial charge in [-0.25, -0.2) is 14.7 Å². The molecule has 0 amide bonds. The van der Waals surface area contributed by atoms with Crippen LogP contribution in [0.15, 0.2) is 0 Å². The molecule has 0 atom stereocenters. The Morgan fingerprint density at radius 1 is 1.26 bits per heavy atom. The number of rotatable bonds is 8. The smallest absolute Gasteiger partial charge is 0.278 e. The average Bonchev–Trinajstić information content (AvgIpc) is 2.99. The molecule has 10 heteroatoms. The molecule has 0 saturated heterocycles. The molecule has 0 aliphatic heterocycles.